The number of aromatic nitrogens is 1. The summed E-state index contributed by atoms with van der Waals surface area (Å²) in [5, 5.41) is -0.385. The van der Waals surface area contributed by atoms with Crippen LogP contribution in [0, 0.1) is 6.92 Å². The van der Waals surface area contributed by atoms with E-state index in [9.17, 15) is 13.2 Å². The van der Waals surface area contributed by atoms with Gasteiger partial charge in [0.1, 0.15) is 5.60 Å². The van der Waals surface area contributed by atoms with Gasteiger partial charge in [0.2, 0.25) is 0 Å². The summed E-state index contributed by atoms with van der Waals surface area (Å²) >= 11 is 0. The second-order valence-electron chi connectivity index (χ2n) is 6.88. The highest BCUT2D eigenvalue weighted by Crippen LogP contribution is 2.24. The maximum absolute atomic E-state index is 12.6. The lowest BCUT2D eigenvalue weighted by Crippen LogP contribution is -2.44. The number of rotatable bonds is 2. The highest BCUT2D eigenvalue weighted by Gasteiger charge is 2.34. The van der Waals surface area contributed by atoms with Crippen LogP contribution in [-0.4, -0.2) is 48.3 Å². The minimum Gasteiger partial charge on any atom is -0.444 e. The van der Waals surface area contributed by atoms with E-state index < -0.39 is 20.7 Å². The Balaban J connectivity index is 2.03. The summed E-state index contributed by atoms with van der Waals surface area (Å²) in [5.74, 6) is 0. The smallest absolute Gasteiger partial charge is 0.410 e. The van der Waals surface area contributed by atoms with Crippen molar-refractivity contribution in [3.8, 4) is 0 Å². The SMILES string of the molecule is Cc1ccnc(S(=O)(=O)C2CCN(C(=O)OC(C)(C)C)CC2)c1. The Bertz CT molecular complexity index is 672. The van der Waals surface area contributed by atoms with Crippen LogP contribution in [0.2, 0.25) is 0 Å². The molecule has 128 valence electrons. The van der Waals surface area contributed by atoms with Crippen molar-refractivity contribution in [2.45, 2.75) is 56.4 Å². The van der Waals surface area contributed by atoms with Crippen LogP contribution < -0.4 is 0 Å². The van der Waals surface area contributed by atoms with Crippen LogP contribution in [0.25, 0.3) is 0 Å². The van der Waals surface area contributed by atoms with E-state index in [2.05, 4.69) is 4.98 Å². The Hall–Kier alpha value is -1.63. The average Bonchev–Trinajstić information content (AvgIpc) is 2.45. The molecule has 0 N–H and O–H groups in total. The molecule has 0 radical (unpaired) electrons. The predicted molar refractivity (Wildman–Crippen MR) is 87.0 cm³/mol. The van der Waals surface area contributed by atoms with E-state index in [-0.39, 0.29) is 11.1 Å². The number of ether oxygens (including phenoxy) is 1. The molecule has 7 heteroatoms. The number of pyridine rings is 1. The molecule has 1 aliphatic rings. The van der Waals surface area contributed by atoms with Crippen molar-refractivity contribution in [3.05, 3.63) is 23.9 Å². The zero-order chi connectivity index (χ0) is 17.3. The molecule has 0 saturated carbocycles. The average molecular weight is 340 g/mol. The van der Waals surface area contributed by atoms with Crippen LogP contribution in [0.5, 0.6) is 0 Å². The number of aryl methyl sites for hydroxylation is 1. The number of likely N-dealkylation sites (tertiary alicyclic amines) is 1. The molecule has 0 spiro atoms. The van der Waals surface area contributed by atoms with Gasteiger partial charge < -0.3 is 9.64 Å². The summed E-state index contributed by atoms with van der Waals surface area (Å²) in [5.41, 5.74) is 0.315. The van der Waals surface area contributed by atoms with E-state index in [4.69, 9.17) is 4.74 Å². The summed E-state index contributed by atoms with van der Waals surface area (Å²) in [6, 6.07) is 3.36. The monoisotopic (exact) mass is 340 g/mol. The largest absolute Gasteiger partial charge is 0.444 e. The minimum absolute atomic E-state index is 0.119. The molecule has 1 fully saturated rings. The lowest BCUT2D eigenvalue weighted by atomic mass is 10.1. The van der Waals surface area contributed by atoms with Crippen LogP contribution in [0.3, 0.4) is 0 Å². The molecule has 2 rings (SSSR count). The van der Waals surface area contributed by atoms with E-state index in [1.807, 2.05) is 27.7 Å². The zero-order valence-electron chi connectivity index (χ0n) is 14.1. The van der Waals surface area contributed by atoms with Gasteiger partial charge in [0.05, 0.1) is 5.25 Å². The first-order valence-electron chi connectivity index (χ1n) is 7.74. The van der Waals surface area contributed by atoms with Gasteiger partial charge in [-0.2, -0.15) is 0 Å². The highest BCUT2D eigenvalue weighted by molar-refractivity contribution is 7.92. The number of hydrogen-bond acceptors (Lipinski definition) is 5. The van der Waals surface area contributed by atoms with Gasteiger partial charge in [-0.25, -0.2) is 18.2 Å². The lowest BCUT2D eigenvalue weighted by Gasteiger charge is -2.33. The first kappa shape index (κ1) is 17.7. The van der Waals surface area contributed by atoms with Crippen molar-refractivity contribution in [2.75, 3.05) is 13.1 Å². The van der Waals surface area contributed by atoms with Crippen molar-refractivity contribution < 1.29 is 17.9 Å². The molecule has 1 amide bonds. The summed E-state index contributed by atoms with van der Waals surface area (Å²) in [6.45, 7) is 8.03. The van der Waals surface area contributed by atoms with Gasteiger partial charge in [-0.3, -0.25) is 0 Å². The normalized spacial score (nSPS) is 17.1. The summed E-state index contributed by atoms with van der Waals surface area (Å²) in [4.78, 5) is 17.6. The summed E-state index contributed by atoms with van der Waals surface area (Å²) in [7, 11) is -3.46. The maximum Gasteiger partial charge on any atom is 0.410 e. The highest BCUT2D eigenvalue weighted by atomic mass is 32.2. The molecular formula is C16H24N2O4S. The number of sulfone groups is 1. The molecule has 0 bridgehead atoms. The van der Waals surface area contributed by atoms with E-state index in [0.29, 0.717) is 25.9 Å². The number of carbonyl (C=O) groups is 1. The fourth-order valence-electron chi connectivity index (χ4n) is 2.51. The van der Waals surface area contributed by atoms with Crippen LogP contribution in [-0.2, 0) is 14.6 Å². The molecule has 1 saturated heterocycles. The van der Waals surface area contributed by atoms with E-state index in [0.717, 1.165) is 5.56 Å². The predicted octanol–water partition coefficient (Wildman–Crippen LogP) is 2.56. The van der Waals surface area contributed by atoms with Gasteiger partial charge >= 0.3 is 6.09 Å². The molecule has 6 nitrogen and oxygen atoms in total. The van der Waals surface area contributed by atoms with Gasteiger partial charge in [-0.05, 0) is 58.2 Å². The molecule has 0 unspecified atom stereocenters. The van der Waals surface area contributed by atoms with E-state index in [1.165, 1.54) is 6.20 Å². The van der Waals surface area contributed by atoms with Crippen LogP contribution in [0.15, 0.2) is 23.4 Å². The second kappa shape index (κ2) is 6.47. The van der Waals surface area contributed by atoms with Crippen molar-refractivity contribution in [1.29, 1.82) is 0 Å². The lowest BCUT2D eigenvalue weighted by molar-refractivity contribution is 0.0217. The minimum atomic E-state index is -3.46. The second-order valence-corrected chi connectivity index (χ2v) is 9.06. The third-order valence-electron chi connectivity index (χ3n) is 3.71. The van der Waals surface area contributed by atoms with E-state index in [1.54, 1.807) is 17.0 Å². The molecule has 2 heterocycles. The molecule has 1 aliphatic heterocycles. The van der Waals surface area contributed by atoms with Crippen molar-refractivity contribution in [2.24, 2.45) is 0 Å². The maximum atomic E-state index is 12.6. The van der Waals surface area contributed by atoms with Crippen LogP contribution in [0.1, 0.15) is 39.2 Å². The molecule has 23 heavy (non-hydrogen) atoms. The Morgan fingerprint density at radius 3 is 2.43 bits per heavy atom. The summed E-state index contributed by atoms with van der Waals surface area (Å²) in [6.07, 6.45) is 1.92. The first-order valence-corrected chi connectivity index (χ1v) is 9.29. The van der Waals surface area contributed by atoms with Crippen molar-refractivity contribution in [3.63, 3.8) is 0 Å². The molecule has 0 atom stereocenters. The Morgan fingerprint density at radius 2 is 1.91 bits per heavy atom. The van der Waals surface area contributed by atoms with E-state index >= 15 is 0 Å². The Morgan fingerprint density at radius 1 is 1.30 bits per heavy atom. The van der Waals surface area contributed by atoms with Gasteiger partial charge in [0, 0.05) is 19.3 Å². The van der Waals surface area contributed by atoms with Gasteiger partial charge in [-0.1, -0.05) is 0 Å². The third kappa shape index (κ3) is 4.43. The van der Waals surface area contributed by atoms with Crippen molar-refractivity contribution >= 4 is 15.9 Å². The molecule has 0 aliphatic carbocycles. The van der Waals surface area contributed by atoms with Gasteiger partial charge in [-0.15, -0.1) is 0 Å². The Labute approximate surface area is 137 Å². The number of carbonyl (C=O) groups excluding carboxylic acids is 1. The third-order valence-corrected chi connectivity index (χ3v) is 5.87. The van der Waals surface area contributed by atoms with Gasteiger partial charge in [0.25, 0.3) is 0 Å². The fraction of sp³-hybridized carbons (Fsp3) is 0.625. The topological polar surface area (TPSA) is 76.6 Å². The van der Waals surface area contributed by atoms with Crippen molar-refractivity contribution in [1.82, 2.24) is 9.88 Å². The van der Waals surface area contributed by atoms with Crippen LogP contribution in [0.4, 0.5) is 4.79 Å². The summed E-state index contributed by atoms with van der Waals surface area (Å²) < 4.78 is 30.6. The standard InChI is InChI=1S/C16H24N2O4S/c1-12-5-8-17-14(11-12)23(20,21)13-6-9-18(10-7-13)15(19)22-16(2,3)4/h5,8,11,13H,6-7,9-10H2,1-4H3. The molecular weight excluding hydrogens is 316 g/mol. The number of hydrogen-bond donors (Lipinski definition) is 0. The zero-order valence-corrected chi connectivity index (χ0v) is 14.9. The fourth-order valence-corrected chi connectivity index (χ4v) is 4.24. The first-order chi connectivity index (χ1) is 10.6. The number of piperidine rings is 1. The quantitative estimate of drug-likeness (QED) is 0.827. The van der Waals surface area contributed by atoms with Crippen LogP contribution >= 0.6 is 0 Å². The number of amides is 1. The molecule has 0 aromatic carbocycles. The molecule has 1 aromatic rings. The molecule has 1 aromatic heterocycles. The number of nitrogens with zero attached hydrogens (tertiary/aromatic N) is 2. The Kier molecular flexibility index (Phi) is 4.98. The van der Waals surface area contributed by atoms with Gasteiger partial charge in [0.15, 0.2) is 14.9 Å².